The van der Waals surface area contributed by atoms with E-state index in [-0.39, 0.29) is 11.4 Å². The Morgan fingerprint density at radius 3 is 2.47 bits per heavy atom. The molecular weight excluding hydrogens is 244 g/mol. The van der Waals surface area contributed by atoms with Gasteiger partial charge < -0.3 is 10.4 Å². The van der Waals surface area contributed by atoms with Gasteiger partial charge in [-0.25, -0.2) is 0 Å². The van der Waals surface area contributed by atoms with Gasteiger partial charge in [0.05, 0.1) is 4.92 Å². The number of phenolic OH excluding ortho intramolecular Hbond substituents is 1. The summed E-state index contributed by atoms with van der Waals surface area (Å²) < 4.78 is 0. The summed E-state index contributed by atoms with van der Waals surface area (Å²) in [6, 6.07) is 4.72. The third-order valence-electron chi connectivity index (χ3n) is 4.06. The molecule has 0 amide bonds. The molecule has 0 heterocycles. The fourth-order valence-corrected chi connectivity index (χ4v) is 2.68. The molecule has 1 aromatic carbocycles. The second-order valence-corrected chi connectivity index (χ2v) is 5.65. The molecule has 2 fully saturated rings. The number of benzene rings is 1. The predicted molar refractivity (Wildman–Crippen MR) is 70.8 cm³/mol. The quantitative estimate of drug-likeness (QED) is 0.610. The molecule has 0 radical (unpaired) electrons. The zero-order chi connectivity index (χ0) is 13.4. The van der Waals surface area contributed by atoms with Gasteiger partial charge in [0.15, 0.2) is 0 Å². The Bertz CT molecular complexity index is 483. The molecule has 0 aliphatic heterocycles. The van der Waals surface area contributed by atoms with Gasteiger partial charge in [0, 0.05) is 30.3 Å². The molecule has 2 aliphatic rings. The van der Waals surface area contributed by atoms with Gasteiger partial charge in [0.25, 0.3) is 5.69 Å². The maximum absolute atomic E-state index is 10.7. The average molecular weight is 262 g/mol. The van der Waals surface area contributed by atoms with Crippen molar-refractivity contribution >= 4 is 5.69 Å². The highest BCUT2D eigenvalue weighted by Crippen LogP contribution is 2.44. The molecule has 5 nitrogen and oxygen atoms in total. The molecule has 19 heavy (non-hydrogen) atoms. The van der Waals surface area contributed by atoms with Crippen LogP contribution >= 0.6 is 0 Å². The molecule has 3 rings (SSSR count). The lowest BCUT2D eigenvalue weighted by atomic mass is 10.1. The highest BCUT2D eigenvalue weighted by Gasteiger charge is 2.41. The van der Waals surface area contributed by atoms with E-state index in [0.717, 1.165) is 11.8 Å². The number of hydrogen-bond acceptors (Lipinski definition) is 4. The van der Waals surface area contributed by atoms with Crippen LogP contribution in [0.2, 0.25) is 0 Å². The molecule has 1 aromatic rings. The highest BCUT2D eigenvalue weighted by molar-refractivity contribution is 5.42. The summed E-state index contributed by atoms with van der Waals surface area (Å²) in [5, 5.41) is 24.0. The second-order valence-electron chi connectivity index (χ2n) is 5.65. The first-order valence-corrected chi connectivity index (χ1v) is 6.85. The van der Waals surface area contributed by atoms with Crippen LogP contribution in [0.3, 0.4) is 0 Å². The molecular formula is C14H18N2O3. The summed E-state index contributed by atoms with van der Waals surface area (Å²) in [7, 11) is 0. The summed E-state index contributed by atoms with van der Waals surface area (Å²) >= 11 is 0. The standard InChI is InChI=1S/C14H18N2O3/c17-13-6-5-12(16(18)19)7-11(13)8-15-14(9-1-2-9)10-3-4-10/h5-7,9-10,14-15,17H,1-4,8H2. The largest absolute Gasteiger partial charge is 0.508 e. The molecule has 0 spiro atoms. The molecule has 2 saturated carbocycles. The van der Waals surface area contributed by atoms with Gasteiger partial charge in [-0.2, -0.15) is 0 Å². The van der Waals surface area contributed by atoms with Crippen molar-refractivity contribution in [1.29, 1.82) is 0 Å². The van der Waals surface area contributed by atoms with Crippen LogP contribution in [-0.2, 0) is 6.54 Å². The van der Waals surface area contributed by atoms with Gasteiger partial charge >= 0.3 is 0 Å². The first-order chi connectivity index (χ1) is 9.15. The van der Waals surface area contributed by atoms with Crippen molar-refractivity contribution in [3.63, 3.8) is 0 Å². The van der Waals surface area contributed by atoms with E-state index in [1.807, 2.05) is 0 Å². The third kappa shape index (κ3) is 2.87. The molecule has 0 atom stereocenters. The number of nitrogens with one attached hydrogen (secondary N) is 1. The van der Waals surface area contributed by atoms with Crippen LogP contribution in [0.1, 0.15) is 31.2 Å². The van der Waals surface area contributed by atoms with E-state index in [0.29, 0.717) is 18.2 Å². The minimum Gasteiger partial charge on any atom is -0.508 e. The lowest BCUT2D eigenvalue weighted by molar-refractivity contribution is -0.384. The summed E-state index contributed by atoms with van der Waals surface area (Å²) in [5.41, 5.74) is 0.643. The first kappa shape index (κ1) is 12.4. The van der Waals surface area contributed by atoms with E-state index in [1.54, 1.807) is 0 Å². The SMILES string of the molecule is O=[N+]([O-])c1ccc(O)c(CNC(C2CC2)C2CC2)c1. The van der Waals surface area contributed by atoms with Crippen LogP contribution in [0.4, 0.5) is 5.69 Å². The molecule has 102 valence electrons. The summed E-state index contributed by atoms with van der Waals surface area (Å²) in [6.45, 7) is 0.505. The lowest BCUT2D eigenvalue weighted by Gasteiger charge is -2.18. The zero-order valence-electron chi connectivity index (χ0n) is 10.7. The number of hydrogen-bond donors (Lipinski definition) is 2. The topological polar surface area (TPSA) is 75.4 Å². The van der Waals surface area contributed by atoms with Crippen LogP contribution in [-0.4, -0.2) is 16.1 Å². The van der Waals surface area contributed by atoms with Gasteiger partial charge in [-0.1, -0.05) is 0 Å². The Morgan fingerprint density at radius 2 is 1.95 bits per heavy atom. The Kier molecular flexibility index (Phi) is 3.14. The van der Waals surface area contributed by atoms with Crippen molar-refractivity contribution in [3.05, 3.63) is 33.9 Å². The number of nitro groups is 1. The fourth-order valence-electron chi connectivity index (χ4n) is 2.68. The molecule has 0 saturated heterocycles. The summed E-state index contributed by atoms with van der Waals surface area (Å²) in [6.07, 6.45) is 5.15. The van der Waals surface area contributed by atoms with Gasteiger partial charge in [-0.3, -0.25) is 10.1 Å². The van der Waals surface area contributed by atoms with E-state index >= 15 is 0 Å². The molecule has 0 aromatic heterocycles. The Labute approximate surface area is 111 Å². The van der Waals surface area contributed by atoms with Crippen LogP contribution < -0.4 is 5.32 Å². The van der Waals surface area contributed by atoms with Gasteiger partial charge in [0.2, 0.25) is 0 Å². The monoisotopic (exact) mass is 262 g/mol. The highest BCUT2D eigenvalue weighted by atomic mass is 16.6. The Morgan fingerprint density at radius 1 is 1.32 bits per heavy atom. The van der Waals surface area contributed by atoms with Crippen LogP contribution in [0.5, 0.6) is 5.75 Å². The Balaban J connectivity index is 1.68. The molecule has 5 heteroatoms. The number of rotatable bonds is 6. The van der Waals surface area contributed by atoms with Crippen LogP contribution in [0.25, 0.3) is 0 Å². The van der Waals surface area contributed by atoms with Crippen molar-refractivity contribution in [2.75, 3.05) is 0 Å². The minimum atomic E-state index is -0.428. The fraction of sp³-hybridized carbons (Fsp3) is 0.571. The van der Waals surface area contributed by atoms with Gasteiger partial charge in [0.1, 0.15) is 5.75 Å². The van der Waals surface area contributed by atoms with Crippen molar-refractivity contribution in [2.45, 2.75) is 38.3 Å². The molecule has 0 unspecified atom stereocenters. The average Bonchev–Trinajstić information content (AvgIpc) is 3.25. The molecule has 0 bridgehead atoms. The van der Waals surface area contributed by atoms with Crippen molar-refractivity contribution < 1.29 is 10.0 Å². The first-order valence-electron chi connectivity index (χ1n) is 6.85. The summed E-state index contributed by atoms with van der Waals surface area (Å²) in [4.78, 5) is 10.3. The van der Waals surface area contributed by atoms with Crippen LogP contribution in [0, 0.1) is 22.0 Å². The van der Waals surface area contributed by atoms with Crippen LogP contribution in [0.15, 0.2) is 18.2 Å². The molecule has 2 aliphatic carbocycles. The predicted octanol–water partition coefficient (Wildman–Crippen LogP) is 2.58. The van der Waals surface area contributed by atoms with E-state index in [1.165, 1.54) is 43.9 Å². The van der Waals surface area contributed by atoms with E-state index in [4.69, 9.17) is 0 Å². The number of aromatic hydroxyl groups is 1. The van der Waals surface area contributed by atoms with E-state index in [2.05, 4.69) is 5.32 Å². The number of nitrogens with zero attached hydrogens (tertiary/aromatic N) is 1. The number of non-ortho nitro benzene ring substituents is 1. The number of nitro benzene ring substituents is 1. The molecule has 2 N–H and O–H groups in total. The van der Waals surface area contributed by atoms with Gasteiger partial charge in [-0.15, -0.1) is 0 Å². The third-order valence-corrected chi connectivity index (χ3v) is 4.06. The van der Waals surface area contributed by atoms with Crippen molar-refractivity contribution in [1.82, 2.24) is 5.32 Å². The maximum Gasteiger partial charge on any atom is 0.270 e. The van der Waals surface area contributed by atoms with E-state index in [9.17, 15) is 15.2 Å². The second kappa shape index (κ2) is 4.81. The van der Waals surface area contributed by atoms with Gasteiger partial charge in [-0.05, 0) is 43.6 Å². The minimum absolute atomic E-state index is 0.0315. The van der Waals surface area contributed by atoms with E-state index < -0.39 is 4.92 Å². The summed E-state index contributed by atoms with van der Waals surface area (Å²) in [5.74, 6) is 1.67. The van der Waals surface area contributed by atoms with Crippen molar-refractivity contribution in [2.24, 2.45) is 11.8 Å². The maximum atomic E-state index is 10.7. The Hall–Kier alpha value is -1.62. The smallest absolute Gasteiger partial charge is 0.270 e. The van der Waals surface area contributed by atoms with Crippen molar-refractivity contribution in [3.8, 4) is 5.75 Å². The lowest BCUT2D eigenvalue weighted by Crippen LogP contribution is -2.32. The normalized spacial score (nSPS) is 18.8. The zero-order valence-corrected chi connectivity index (χ0v) is 10.7. The number of phenols is 1.